The van der Waals surface area contributed by atoms with Crippen LogP contribution in [-0.4, -0.2) is 58.2 Å². The van der Waals surface area contributed by atoms with Gasteiger partial charge in [-0.1, -0.05) is 0 Å². The summed E-state index contributed by atoms with van der Waals surface area (Å²) in [6.07, 6.45) is 0. The third-order valence-electron chi connectivity index (χ3n) is 3.55. The van der Waals surface area contributed by atoms with Gasteiger partial charge in [0.1, 0.15) is 0 Å². The van der Waals surface area contributed by atoms with E-state index in [0.29, 0.717) is 18.3 Å². The summed E-state index contributed by atoms with van der Waals surface area (Å²) in [5, 5.41) is 10.6. The lowest BCUT2D eigenvalue weighted by atomic mass is 9.89. The number of carbonyl (C=O) groups excluding carboxylic acids is 1. The van der Waals surface area contributed by atoms with Crippen molar-refractivity contribution in [3.05, 3.63) is 11.8 Å². The van der Waals surface area contributed by atoms with E-state index in [9.17, 15) is 4.79 Å². The van der Waals surface area contributed by atoms with Gasteiger partial charge in [-0.3, -0.25) is 4.90 Å². The van der Waals surface area contributed by atoms with Gasteiger partial charge in [-0.2, -0.15) is 0 Å². The topological polar surface area (TPSA) is 74.5 Å². The zero-order valence-corrected chi connectivity index (χ0v) is 9.93. The van der Waals surface area contributed by atoms with E-state index in [1.807, 2.05) is 7.05 Å². The van der Waals surface area contributed by atoms with Gasteiger partial charge in [-0.15, -0.1) is 10.2 Å². The number of urea groups is 1. The van der Waals surface area contributed by atoms with Crippen molar-refractivity contribution in [2.24, 2.45) is 0 Å². The molecule has 2 aliphatic rings. The van der Waals surface area contributed by atoms with Gasteiger partial charge in [0.15, 0.2) is 0 Å². The molecular formula is C10H15N5O2. The van der Waals surface area contributed by atoms with Crippen LogP contribution in [0.25, 0.3) is 0 Å². The van der Waals surface area contributed by atoms with Crippen LogP contribution >= 0.6 is 0 Å². The molecule has 92 valence electrons. The minimum atomic E-state index is -0.0356. The van der Waals surface area contributed by atoms with Crippen LogP contribution in [-0.2, 0) is 6.54 Å². The second-order valence-electron chi connectivity index (χ2n) is 4.80. The maximum atomic E-state index is 11.4. The molecule has 2 fully saturated rings. The summed E-state index contributed by atoms with van der Waals surface area (Å²) in [5.74, 6) is 1.22. The number of likely N-dealkylation sites (N-methyl/N-ethyl adjacent to an activating group) is 1. The van der Waals surface area contributed by atoms with Crippen LogP contribution in [0.3, 0.4) is 0 Å². The normalized spacial score (nSPS) is 22.9. The first-order valence-electron chi connectivity index (χ1n) is 5.62. The Morgan fingerprint density at radius 3 is 2.76 bits per heavy atom. The summed E-state index contributed by atoms with van der Waals surface area (Å²) in [6.45, 7) is 4.86. The van der Waals surface area contributed by atoms with Crippen LogP contribution in [0.4, 0.5) is 4.79 Å². The summed E-state index contributed by atoms with van der Waals surface area (Å²) in [7, 11) is 1.84. The second-order valence-corrected chi connectivity index (χ2v) is 4.80. The van der Waals surface area contributed by atoms with Gasteiger partial charge in [0.05, 0.1) is 12.1 Å². The lowest BCUT2D eigenvalue weighted by Gasteiger charge is -2.50. The maximum Gasteiger partial charge on any atom is 0.317 e. The highest BCUT2D eigenvalue weighted by molar-refractivity contribution is 5.78. The van der Waals surface area contributed by atoms with Gasteiger partial charge in [0, 0.05) is 33.6 Å². The summed E-state index contributed by atoms with van der Waals surface area (Å²) < 4.78 is 5.33. The van der Waals surface area contributed by atoms with Gasteiger partial charge in [-0.25, -0.2) is 4.79 Å². The molecule has 0 aliphatic carbocycles. The van der Waals surface area contributed by atoms with Crippen molar-refractivity contribution in [1.82, 2.24) is 25.3 Å². The molecule has 2 amide bonds. The highest BCUT2D eigenvalue weighted by atomic mass is 16.4. The molecule has 3 rings (SSSR count). The van der Waals surface area contributed by atoms with Gasteiger partial charge in [0.2, 0.25) is 11.8 Å². The Bertz CT molecular complexity index is 451. The lowest BCUT2D eigenvalue weighted by Crippen LogP contribution is -2.68. The van der Waals surface area contributed by atoms with E-state index in [0.717, 1.165) is 19.6 Å². The van der Waals surface area contributed by atoms with E-state index < -0.39 is 0 Å². The summed E-state index contributed by atoms with van der Waals surface area (Å²) in [4.78, 5) is 15.4. The van der Waals surface area contributed by atoms with Crippen LogP contribution in [0.1, 0.15) is 11.8 Å². The molecule has 0 atom stereocenters. The molecule has 1 aromatic heterocycles. The average Bonchev–Trinajstić information content (AvgIpc) is 2.76. The average molecular weight is 237 g/mol. The first kappa shape index (κ1) is 10.5. The molecular weight excluding hydrogens is 222 g/mol. The Labute approximate surface area is 98.8 Å². The SMILES string of the molecule is Cc1nnc(CN2CC3(CNC(=O)N3C)C2)o1. The first-order chi connectivity index (χ1) is 8.09. The van der Waals surface area contributed by atoms with Gasteiger partial charge in [0.25, 0.3) is 0 Å². The Morgan fingerprint density at radius 2 is 2.24 bits per heavy atom. The summed E-state index contributed by atoms with van der Waals surface area (Å²) in [6, 6.07) is 0.0123. The minimum Gasteiger partial charge on any atom is -0.424 e. The predicted molar refractivity (Wildman–Crippen MR) is 58.2 cm³/mol. The Morgan fingerprint density at radius 1 is 1.47 bits per heavy atom. The number of aryl methyl sites for hydroxylation is 1. The molecule has 0 bridgehead atoms. The number of hydrogen-bond donors (Lipinski definition) is 1. The Balaban J connectivity index is 1.60. The zero-order chi connectivity index (χ0) is 12.0. The Hall–Kier alpha value is -1.63. The third-order valence-corrected chi connectivity index (χ3v) is 3.55. The number of likely N-dealkylation sites (tertiary alicyclic amines) is 1. The minimum absolute atomic E-state index is 0.0123. The van der Waals surface area contributed by atoms with Crippen molar-refractivity contribution in [3.63, 3.8) is 0 Å². The quantitative estimate of drug-likeness (QED) is 0.756. The largest absolute Gasteiger partial charge is 0.424 e. The fourth-order valence-corrected chi connectivity index (χ4v) is 2.51. The molecule has 1 N–H and O–H groups in total. The van der Waals surface area contributed by atoms with Crippen molar-refractivity contribution >= 4 is 6.03 Å². The van der Waals surface area contributed by atoms with E-state index in [1.165, 1.54) is 0 Å². The van der Waals surface area contributed by atoms with Crippen molar-refractivity contribution in [1.29, 1.82) is 0 Å². The molecule has 0 aromatic carbocycles. The van der Waals surface area contributed by atoms with Gasteiger partial charge >= 0.3 is 6.03 Å². The number of nitrogens with one attached hydrogen (secondary N) is 1. The van der Waals surface area contributed by atoms with E-state index in [-0.39, 0.29) is 11.6 Å². The van der Waals surface area contributed by atoms with Gasteiger partial charge < -0.3 is 14.6 Å². The number of hydrogen-bond acceptors (Lipinski definition) is 5. The van der Waals surface area contributed by atoms with Crippen LogP contribution in [0.5, 0.6) is 0 Å². The van der Waals surface area contributed by atoms with Crippen LogP contribution in [0, 0.1) is 6.92 Å². The van der Waals surface area contributed by atoms with Crippen molar-refractivity contribution < 1.29 is 9.21 Å². The monoisotopic (exact) mass is 237 g/mol. The van der Waals surface area contributed by atoms with Gasteiger partial charge in [-0.05, 0) is 0 Å². The fourth-order valence-electron chi connectivity index (χ4n) is 2.51. The van der Waals surface area contributed by atoms with E-state index in [2.05, 4.69) is 20.4 Å². The molecule has 2 saturated heterocycles. The highest BCUT2D eigenvalue weighted by Crippen LogP contribution is 2.30. The zero-order valence-electron chi connectivity index (χ0n) is 9.93. The first-order valence-corrected chi connectivity index (χ1v) is 5.62. The van der Waals surface area contributed by atoms with Crippen LogP contribution in [0.15, 0.2) is 4.42 Å². The van der Waals surface area contributed by atoms with Crippen LogP contribution < -0.4 is 5.32 Å². The second kappa shape index (κ2) is 3.43. The number of rotatable bonds is 2. The molecule has 7 heteroatoms. The smallest absolute Gasteiger partial charge is 0.317 e. The van der Waals surface area contributed by atoms with E-state index in [4.69, 9.17) is 4.42 Å². The molecule has 2 aliphatic heterocycles. The third kappa shape index (κ3) is 1.57. The number of carbonyl (C=O) groups is 1. The van der Waals surface area contributed by atoms with Crippen molar-refractivity contribution in [2.75, 3.05) is 26.7 Å². The predicted octanol–water partition coefficient (Wildman–Crippen LogP) is -0.413. The molecule has 1 aromatic rings. The molecule has 7 nitrogen and oxygen atoms in total. The molecule has 17 heavy (non-hydrogen) atoms. The molecule has 0 saturated carbocycles. The van der Waals surface area contributed by atoms with Crippen molar-refractivity contribution in [2.45, 2.75) is 19.0 Å². The number of nitrogens with zero attached hydrogens (tertiary/aromatic N) is 4. The lowest BCUT2D eigenvalue weighted by molar-refractivity contribution is -0.00594. The molecule has 0 unspecified atom stereocenters. The summed E-state index contributed by atoms with van der Waals surface area (Å²) >= 11 is 0. The number of amides is 2. The fraction of sp³-hybridized carbons (Fsp3) is 0.700. The standard InChI is InChI=1S/C10H15N5O2/c1-7-12-13-8(17-7)3-15-5-10(6-15)4-11-9(16)14(10)2/h3-6H2,1-2H3,(H,11,16). The summed E-state index contributed by atoms with van der Waals surface area (Å²) in [5.41, 5.74) is -0.0356. The maximum absolute atomic E-state index is 11.4. The molecule has 0 radical (unpaired) electrons. The Kier molecular flexibility index (Phi) is 2.12. The van der Waals surface area contributed by atoms with E-state index >= 15 is 0 Å². The van der Waals surface area contributed by atoms with Crippen molar-refractivity contribution in [3.8, 4) is 0 Å². The molecule has 1 spiro atoms. The van der Waals surface area contributed by atoms with Crippen LogP contribution in [0.2, 0.25) is 0 Å². The molecule has 3 heterocycles. The van der Waals surface area contributed by atoms with E-state index in [1.54, 1.807) is 11.8 Å². The number of aromatic nitrogens is 2. The highest BCUT2D eigenvalue weighted by Gasteiger charge is 2.52.